The van der Waals surface area contributed by atoms with Crippen LogP contribution in [-0.2, 0) is 37.5 Å². The Balaban J connectivity index is 4.37. The molecule has 0 rings (SSSR count). The zero-order valence-corrected chi connectivity index (χ0v) is 41.3. The van der Waals surface area contributed by atoms with Gasteiger partial charge in [0, 0.05) is 12.8 Å². The van der Waals surface area contributed by atoms with Crippen molar-refractivity contribution in [3.8, 4) is 0 Å². The molecule has 0 aliphatic rings. The number of aliphatic carboxylic acids is 1. The summed E-state index contributed by atoms with van der Waals surface area (Å²) in [4.78, 5) is 46.1. The Morgan fingerprint density at radius 2 is 0.844 bits per heavy atom. The zero-order chi connectivity index (χ0) is 47.0. The predicted octanol–water partition coefficient (Wildman–Crippen LogP) is 14.3. The molecule has 3 atom stereocenters. The third kappa shape index (κ3) is 45.7. The highest BCUT2D eigenvalue weighted by atomic mass is 31.2. The van der Waals surface area contributed by atoms with Gasteiger partial charge in [-0.2, -0.15) is 0 Å². The molecule has 0 aliphatic heterocycles. The summed E-state index contributed by atoms with van der Waals surface area (Å²) in [6.07, 6.45) is 55.8. The Hall–Kier alpha value is -2.82. The molecule has 0 aromatic heterocycles. The topological polar surface area (TPSA) is 172 Å². The molecule has 0 amide bonds. The Morgan fingerprint density at radius 1 is 0.484 bits per heavy atom. The monoisotopic (exact) mass is 922 g/mol. The first-order valence-electron chi connectivity index (χ1n) is 25.3. The average molecular weight is 922 g/mol. The number of esters is 2. The van der Waals surface area contributed by atoms with Crippen molar-refractivity contribution in [2.75, 3.05) is 19.8 Å². The minimum absolute atomic E-state index is 0.0837. The quantitative estimate of drug-likeness (QED) is 0.0230. The molecule has 0 saturated carbocycles. The molecule has 0 fully saturated rings. The lowest BCUT2D eigenvalue weighted by Gasteiger charge is -2.20. The van der Waals surface area contributed by atoms with E-state index in [1.807, 2.05) is 12.2 Å². The number of hydrogen-bond donors (Lipinski definition) is 3. The number of phosphoric acid groups is 1. The predicted molar refractivity (Wildman–Crippen MR) is 263 cm³/mol. The van der Waals surface area contributed by atoms with Crippen LogP contribution in [0.5, 0.6) is 0 Å². The van der Waals surface area contributed by atoms with Crippen molar-refractivity contribution in [2.24, 2.45) is 5.73 Å². The van der Waals surface area contributed by atoms with Crippen molar-refractivity contribution in [1.29, 1.82) is 0 Å². The van der Waals surface area contributed by atoms with Crippen molar-refractivity contribution >= 4 is 25.7 Å². The number of rotatable bonds is 47. The molecule has 0 bridgehead atoms. The van der Waals surface area contributed by atoms with Crippen molar-refractivity contribution in [2.45, 2.75) is 231 Å². The number of carboxylic acids is 1. The van der Waals surface area contributed by atoms with E-state index in [0.29, 0.717) is 19.3 Å². The third-order valence-corrected chi connectivity index (χ3v) is 11.7. The number of allylic oxidation sites excluding steroid dienone is 10. The standard InChI is InChI=1S/C52H92NO10P/c1-3-5-7-9-11-13-15-17-19-21-23-24-26-28-30-32-34-36-38-40-42-44-51(55)63-48(46-61-64(58,59)62-47-49(53)52(56)57)45-60-50(54)43-41-39-37-35-33-31-29-27-25-22-20-18-16-14-12-10-8-6-4-2/h18-21,24,26,30,32,36,38,48-49H,3-17,22-23,25,27-29,31,33-35,37,39-47,53H2,1-2H3,(H,56,57)(H,58,59)/b20-18+,21-19+,26-24+,32-30+,38-36+/t48-,49+/m1/s1. The maximum absolute atomic E-state index is 12.7. The SMILES string of the molecule is CCCCCCCC/C=C/CCCCCCCCCCCC(=O)OC[C@H](COP(=O)(O)OC[C@H](N)C(=O)O)OC(=O)CCC/C=C/C/C=C/C/C=C/C/C=C/CCCCCCCCC. The summed E-state index contributed by atoms with van der Waals surface area (Å²) in [6.45, 7) is 2.76. The molecular formula is C52H92NO10P. The maximum Gasteiger partial charge on any atom is 0.472 e. The van der Waals surface area contributed by atoms with Crippen LogP contribution in [0.15, 0.2) is 60.8 Å². The number of ether oxygens (including phenoxy) is 2. The lowest BCUT2D eigenvalue weighted by Crippen LogP contribution is -2.34. The van der Waals surface area contributed by atoms with Gasteiger partial charge in [-0.1, -0.05) is 190 Å². The molecule has 0 radical (unpaired) electrons. The number of carboxylic acid groups (broad SMARTS) is 1. The highest BCUT2D eigenvalue weighted by Crippen LogP contribution is 2.43. The summed E-state index contributed by atoms with van der Waals surface area (Å²) >= 11 is 0. The van der Waals surface area contributed by atoms with E-state index >= 15 is 0 Å². The Labute approximate surface area is 389 Å². The Morgan fingerprint density at radius 3 is 1.30 bits per heavy atom. The zero-order valence-electron chi connectivity index (χ0n) is 40.4. The lowest BCUT2D eigenvalue weighted by molar-refractivity contribution is -0.161. The van der Waals surface area contributed by atoms with Gasteiger partial charge in [-0.15, -0.1) is 0 Å². The molecule has 11 nitrogen and oxygen atoms in total. The van der Waals surface area contributed by atoms with Crippen LogP contribution in [0, 0.1) is 0 Å². The van der Waals surface area contributed by atoms with Gasteiger partial charge >= 0.3 is 25.7 Å². The van der Waals surface area contributed by atoms with E-state index in [2.05, 4.69) is 67.0 Å². The molecule has 4 N–H and O–H groups in total. The fraction of sp³-hybridized carbons (Fsp3) is 0.750. The number of unbranched alkanes of at least 4 members (excludes halogenated alkanes) is 23. The van der Waals surface area contributed by atoms with Crippen LogP contribution in [0.1, 0.15) is 219 Å². The summed E-state index contributed by atoms with van der Waals surface area (Å²) in [5, 5.41) is 8.92. The minimum atomic E-state index is -4.74. The molecule has 64 heavy (non-hydrogen) atoms. The third-order valence-electron chi connectivity index (χ3n) is 10.7. The largest absolute Gasteiger partial charge is 0.480 e. The number of hydrogen-bond acceptors (Lipinski definition) is 9. The summed E-state index contributed by atoms with van der Waals surface area (Å²) in [7, 11) is -4.74. The van der Waals surface area contributed by atoms with Gasteiger partial charge in [0.15, 0.2) is 6.10 Å². The molecule has 0 saturated heterocycles. The van der Waals surface area contributed by atoms with E-state index in [1.165, 1.54) is 135 Å². The van der Waals surface area contributed by atoms with Gasteiger partial charge in [0.25, 0.3) is 0 Å². The molecule has 0 aromatic rings. The second-order valence-corrected chi connectivity index (χ2v) is 18.4. The van der Waals surface area contributed by atoms with Crippen LogP contribution < -0.4 is 5.73 Å². The smallest absolute Gasteiger partial charge is 0.472 e. The first kappa shape index (κ1) is 61.2. The lowest BCUT2D eigenvalue weighted by atomic mass is 10.1. The Kier molecular flexibility index (Phi) is 44.6. The molecule has 0 spiro atoms. The number of carbonyl (C=O) groups is 3. The fourth-order valence-electron chi connectivity index (χ4n) is 6.76. The van der Waals surface area contributed by atoms with E-state index in [4.69, 9.17) is 24.8 Å². The van der Waals surface area contributed by atoms with Crippen molar-refractivity contribution < 1.29 is 47.5 Å². The molecule has 0 aliphatic carbocycles. The van der Waals surface area contributed by atoms with Gasteiger partial charge in [-0.05, 0) is 77.0 Å². The second kappa shape index (κ2) is 46.7. The Bertz CT molecular complexity index is 1310. The van der Waals surface area contributed by atoms with Crippen LogP contribution in [0.3, 0.4) is 0 Å². The number of phosphoric ester groups is 1. The van der Waals surface area contributed by atoms with Gasteiger partial charge in [0.05, 0.1) is 13.2 Å². The maximum atomic E-state index is 12.7. The van der Waals surface area contributed by atoms with Crippen LogP contribution >= 0.6 is 7.82 Å². The van der Waals surface area contributed by atoms with E-state index in [-0.39, 0.29) is 19.4 Å². The second-order valence-electron chi connectivity index (χ2n) is 16.9. The molecule has 370 valence electrons. The fourth-order valence-corrected chi connectivity index (χ4v) is 7.54. The normalized spacial score (nSPS) is 14.1. The van der Waals surface area contributed by atoms with Gasteiger partial charge in [0.1, 0.15) is 12.6 Å². The highest BCUT2D eigenvalue weighted by Gasteiger charge is 2.28. The van der Waals surface area contributed by atoms with Gasteiger partial charge < -0.3 is 25.2 Å². The van der Waals surface area contributed by atoms with Crippen molar-refractivity contribution in [3.05, 3.63) is 60.8 Å². The number of nitrogens with two attached hydrogens (primary N) is 1. The van der Waals surface area contributed by atoms with Crippen LogP contribution in [0.2, 0.25) is 0 Å². The summed E-state index contributed by atoms with van der Waals surface area (Å²) in [5.41, 5.74) is 5.35. The van der Waals surface area contributed by atoms with Gasteiger partial charge in [-0.25, -0.2) is 4.57 Å². The molecule has 1 unspecified atom stereocenters. The summed E-state index contributed by atoms with van der Waals surface area (Å²) in [6, 6.07) is -1.53. The average Bonchev–Trinajstić information content (AvgIpc) is 3.27. The first-order chi connectivity index (χ1) is 31.1. The molecule has 12 heteroatoms. The van der Waals surface area contributed by atoms with Gasteiger partial charge in [0.2, 0.25) is 0 Å². The number of carbonyl (C=O) groups excluding carboxylic acids is 2. The van der Waals surface area contributed by atoms with Crippen LogP contribution in [-0.4, -0.2) is 59.9 Å². The highest BCUT2D eigenvalue weighted by molar-refractivity contribution is 7.47. The van der Waals surface area contributed by atoms with E-state index < -0.39 is 51.1 Å². The minimum Gasteiger partial charge on any atom is -0.480 e. The van der Waals surface area contributed by atoms with Crippen LogP contribution in [0.4, 0.5) is 0 Å². The van der Waals surface area contributed by atoms with Crippen LogP contribution in [0.25, 0.3) is 0 Å². The van der Waals surface area contributed by atoms with Crippen molar-refractivity contribution in [1.82, 2.24) is 0 Å². The summed E-state index contributed by atoms with van der Waals surface area (Å²) < 4.78 is 32.8. The molecule has 0 aromatic carbocycles. The molecule has 0 heterocycles. The first-order valence-corrected chi connectivity index (χ1v) is 26.8. The van der Waals surface area contributed by atoms with Gasteiger partial charge in [-0.3, -0.25) is 23.4 Å². The van der Waals surface area contributed by atoms with Crippen molar-refractivity contribution in [3.63, 3.8) is 0 Å². The van der Waals surface area contributed by atoms with E-state index in [9.17, 15) is 23.8 Å². The van der Waals surface area contributed by atoms with E-state index in [0.717, 1.165) is 38.5 Å². The molecular weight excluding hydrogens is 830 g/mol. The summed E-state index contributed by atoms with van der Waals surface area (Å²) in [5.74, 6) is -2.45. The van der Waals surface area contributed by atoms with E-state index in [1.54, 1.807) is 0 Å².